The minimum Gasteiger partial charge on any atom is -0.393 e. The van der Waals surface area contributed by atoms with Crippen molar-refractivity contribution < 1.29 is 14.7 Å². The van der Waals surface area contributed by atoms with Crippen LogP contribution in [0.15, 0.2) is 24.3 Å². The third-order valence-electron chi connectivity index (χ3n) is 4.20. The molecule has 1 heterocycles. The number of carbonyl (C=O) groups excluding carboxylic acids is 2. The third-order valence-corrected chi connectivity index (χ3v) is 4.44. The minimum atomic E-state index is -0.384. The van der Waals surface area contributed by atoms with Gasteiger partial charge in [0.2, 0.25) is 5.91 Å². The van der Waals surface area contributed by atoms with E-state index in [4.69, 9.17) is 18.0 Å². The summed E-state index contributed by atoms with van der Waals surface area (Å²) in [7, 11) is 0. The molecular weight excluding hydrogens is 312 g/mol. The smallest absolute Gasteiger partial charge is 0.223 e. The number of hydrogen-bond acceptors (Lipinski definition) is 4. The van der Waals surface area contributed by atoms with E-state index >= 15 is 0 Å². The molecule has 0 aliphatic carbocycles. The van der Waals surface area contributed by atoms with Crippen LogP contribution in [0.3, 0.4) is 0 Å². The third kappa shape index (κ3) is 4.59. The van der Waals surface area contributed by atoms with Crippen molar-refractivity contribution in [2.75, 3.05) is 13.1 Å². The molecule has 2 rings (SSSR count). The predicted molar refractivity (Wildman–Crippen MR) is 92.3 cm³/mol. The van der Waals surface area contributed by atoms with Gasteiger partial charge in [0.15, 0.2) is 5.78 Å². The molecule has 3 N–H and O–H groups in total. The van der Waals surface area contributed by atoms with Gasteiger partial charge in [-0.05, 0) is 12.8 Å². The SMILES string of the molecule is CC(CC(=O)N1CCC(O)CC1)C(=O)c1ccc(C(N)=S)cc1. The van der Waals surface area contributed by atoms with Crippen LogP contribution in [0.1, 0.15) is 42.1 Å². The van der Waals surface area contributed by atoms with Gasteiger partial charge in [-0.1, -0.05) is 43.4 Å². The van der Waals surface area contributed by atoms with Gasteiger partial charge in [0.1, 0.15) is 4.99 Å². The van der Waals surface area contributed by atoms with Crippen molar-refractivity contribution in [2.24, 2.45) is 11.7 Å². The number of aliphatic hydroxyl groups excluding tert-OH is 1. The molecule has 1 unspecified atom stereocenters. The van der Waals surface area contributed by atoms with Crippen molar-refractivity contribution in [3.05, 3.63) is 35.4 Å². The van der Waals surface area contributed by atoms with Crippen LogP contribution >= 0.6 is 12.2 Å². The summed E-state index contributed by atoms with van der Waals surface area (Å²) in [6.45, 7) is 2.88. The molecule has 1 aromatic rings. The van der Waals surface area contributed by atoms with Crippen molar-refractivity contribution in [2.45, 2.75) is 32.3 Å². The van der Waals surface area contributed by atoms with E-state index in [1.165, 1.54) is 0 Å². The summed E-state index contributed by atoms with van der Waals surface area (Å²) in [5, 5.41) is 9.48. The number of likely N-dealkylation sites (tertiary alicyclic amines) is 1. The average molecular weight is 334 g/mol. The van der Waals surface area contributed by atoms with E-state index in [1.54, 1.807) is 36.1 Å². The average Bonchev–Trinajstić information content (AvgIpc) is 2.54. The number of thiocarbonyl (C=S) groups is 1. The molecule has 0 saturated carbocycles. The van der Waals surface area contributed by atoms with Crippen LogP contribution in [0.4, 0.5) is 0 Å². The summed E-state index contributed by atoms with van der Waals surface area (Å²) in [5.41, 5.74) is 6.81. The normalized spacial score (nSPS) is 16.9. The van der Waals surface area contributed by atoms with E-state index in [0.29, 0.717) is 42.0 Å². The van der Waals surface area contributed by atoms with Crippen molar-refractivity contribution >= 4 is 28.9 Å². The van der Waals surface area contributed by atoms with Crippen LogP contribution in [-0.2, 0) is 4.79 Å². The molecule has 1 aliphatic heterocycles. The zero-order valence-corrected chi connectivity index (χ0v) is 14.0. The molecule has 1 aliphatic rings. The second-order valence-corrected chi connectivity index (χ2v) is 6.46. The van der Waals surface area contributed by atoms with Gasteiger partial charge in [-0.15, -0.1) is 0 Å². The van der Waals surface area contributed by atoms with Crippen LogP contribution in [-0.4, -0.2) is 45.9 Å². The summed E-state index contributed by atoms with van der Waals surface area (Å²) < 4.78 is 0. The maximum Gasteiger partial charge on any atom is 0.223 e. The first-order valence-electron chi connectivity index (χ1n) is 7.78. The lowest BCUT2D eigenvalue weighted by molar-refractivity contribution is -0.133. The first-order chi connectivity index (χ1) is 10.9. The Hall–Kier alpha value is -1.79. The maximum atomic E-state index is 12.4. The van der Waals surface area contributed by atoms with E-state index < -0.39 is 0 Å². The molecule has 1 saturated heterocycles. The lowest BCUT2D eigenvalue weighted by Crippen LogP contribution is -2.41. The van der Waals surface area contributed by atoms with E-state index in [2.05, 4.69) is 0 Å². The molecule has 124 valence electrons. The van der Waals surface area contributed by atoms with Gasteiger partial charge in [-0.3, -0.25) is 9.59 Å². The fraction of sp³-hybridized carbons (Fsp3) is 0.471. The van der Waals surface area contributed by atoms with Gasteiger partial charge >= 0.3 is 0 Å². The molecule has 6 heteroatoms. The van der Waals surface area contributed by atoms with Crippen LogP contribution in [0.25, 0.3) is 0 Å². The van der Waals surface area contributed by atoms with E-state index in [-0.39, 0.29) is 30.1 Å². The van der Waals surface area contributed by atoms with E-state index in [0.717, 1.165) is 0 Å². The monoisotopic (exact) mass is 334 g/mol. The van der Waals surface area contributed by atoms with Crippen LogP contribution in [0.5, 0.6) is 0 Å². The second kappa shape index (κ2) is 7.66. The number of nitrogens with two attached hydrogens (primary N) is 1. The lowest BCUT2D eigenvalue weighted by atomic mass is 9.94. The van der Waals surface area contributed by atoms with Crippen LogP contribution < -0.4 is 5.73 Å². The molecule has 0 spiro atoms. The fourth-order valence-electron chi connectivity index (χ4n) is 2.68. The highest BCUT2D eigenvalue weighted by Gasteiger charge is 2.25. The quantitative estimate of drug-likeness (QED) is 0.630. The Morgan fingerprint density at radius 3 is 2.30 bits per heavy atom. The maximum absolute atomic E-state index is 12.4. The molecule has 1 aromatic carbocycles. The van der Waals surface area contributed by atoms with E-state index in [1.807, 2.05) is 0 Å². The molecular formula is C17H22N2O3S. The van der Waals surface area contributed by atoms with Gasteiger partial charge in [-0.25, -0.2) is 0 Å². The highest BCUT2D eigenvalue weighted by Crippen LogP contribution is 2.17. The van der Waals surface area contributed by atoms with E-state index in [9.17, 15) is 14.7 Å². The summed E-state index contributed by atoms with van der Waals surface area (Å²) >= 11 is 4.89. The Bertz CT molecular complexity index is 592. The summed E-state index contributed by atoms with van der Waals surface area (Å²) in [4.78, 5) is 26.7. The molecule has 5 nitrogen and oxygen atoms in total. The minimum absolute atomic E-state index is 0.0301. The number of nitrogens with zero attached hydrogens (tertiary/aromatic N) is 1. The number of Topliss-reactive ketones (excluding diaryl/α,β-unsaturated/α-hetero) is 1. The zero-order valence-electron chi connectivity index (χ0n) is 13.2. The van der Waals surface area contributed by atoms with Gasteiger partial charge in [-0.2, -0.15) is 0 Å². The number of aliphatic hydroxyl groups is 1. The Balaban J connectivity index is 1.94. The first kappa shape index (κ1) is 17.6. The highest BCUT2D eigenvalue weighted by atomic mass is 32.1. The summed E-state index contributed by atoms with van der Waals surface area (Å²) in [6, 6.07) is 6.82. The molecule has 0 aromatic heterocycles. The van der Waals surface area contributed by atoms with Gasteiger partial charge in [0, 0.05) is 36.6 Å². The van der Waals surface area contributed by atoms with Crippen LogP contribution in [0, 0.1) is 5.92 Å². The van der Waals surface area contributed by atoms with Crippen molar-refractivity contribution in [3.8, 4) is 0 Å². The summed E-state index contributed by atoms with van der Waals surface area (Å²) in [6.07, 6.45) is 1.08. The molecule has 1 fully saturated rings. The number of benzene rings is 1. The fourth-order valence-corrected chi connectivity index (χ4v) is 2.82. The zero-order chi connectivity index (χ0) is 17.0. The molecule has 1 atom stereocenters. The number of ketones is 1. The first-order valence-corrected chi connectivity index (χ1v) is 8.19. The van der Waals surface area contributed by atoms with Gasteiger partial charge < -0.3 is 15.7 Å². The molecule has 0 radical (unpaired) electrons. The molecule has 1 amide bonds. The number of amides is 1. The number of piperidine rings is 1. The topological polar surface area (TPSA) is 83.6 Å². The van der Waals surface area contributed by atoms with Crippen molar-refractivity contribution in [3.63, 3.8) is 0 Å². The largest absolute Gasteiger partial charge is 0.393 e. The Labute approximate surface area is 141 Å². The summed E-state index contributed by atoms with van der Waals surface area (Å²) in [5.74, 6) is -0.479. The number of hydrogen-bond donors (Lipinski definition) is 2. The van der Waals surface area contributed by atoms with Crippen LogP contribution in [0.2, 0.25) is 0 Å². The second-order valence-electron chi connectivity index (χ2n) is 6.02. The van der Waals surface area contributed by atoms with Crippen molar-refractivity contribution in [1.82, 2.24) is 4.90 Å². The Kier molecular flexibility index (Phi) is 5.85. The molecule has 23 heavy (non-hydrogen) atoms. The highest BCUT2D eigenvalue weighted by molar-refractivity contribution is 7.80. The van der Waals surface area contributed by atoms with Crippen molar-refractivity contribution in [1.29, 1.82) is 0 Å². The lowest BCUT2D eigenvalue weighted by Gasteiger charge is -2.30. The Morgan fingerprint density at radius 2 is 1.78 bits per heavy atom. The standard InChI is InChI=1S/C17H22N2O3S/c1-11(10-15(21)19-8-6-14(20)7-9-19)16(22)12-2-4-13(5-3-12)17(18)23/h2-5,11,14,20H,6-10H2,1H3,(H2,18,23). The Morgan fingerprint density at radius 1 is 1.26 bits per heavy atom. The number of carbonyl (C=O) groups is 2. The molecule has 0 bridgehead atoms. The van der Waals surface area contributed by atoms with Gasteiger partial charge in [0.05, 0.1) is 6.10 Å². The van der Waals surface area contributed by atoms with Gasteiger partial charge in [0.25, 0.3) is 0 Å². The number of rotatable bonds is 5. The predicted octanol–water partition coefficient (Wildman–Crippen LogP) is 1.51.